The minimum Gasteiger partial charge on any atom is -0.497 e. The number of carbonyl (C=O) groups is 1. The molecule has 0 aliphatic carbocycles. The molecule has 0 spiro atoms. The van der Waals surface area contributed by atoms with Crippen molar-refractivity contribution in [1.82, 2.24) is 0 Å². The summed E-state index contributed by atoms with van der Waals surface area (Å²) in [5, 5.41) is 2.76. The van der Waals surface area contributed by atoms with Crippen molar-refractivity contribution >= 4 is 27.3 Å². The number of nitrogens with zero attached hydrogens (tertiary/aromatic N) is 1. The number of para-hydroxylation sites is 2. The number of rotatable bonds is 9. The molecule has 3 aromatic carbocycles. The molecule has 0 bridgehead atoms. The van der Waals surface area contributed by atoms with E-state index in [1.165, 1.54) is 19.2 Å². The topological polar surface area (TPSA) is 84.9 Å². The lowest BCUT2D eigenvalue weighted by Gasteiger charge is -2.24. The number of benzene rings is 3. The molecule has 8 heteroatoms. The van der Waals surface area contributed by atoms with Crippen LogP contribution < -0.4 is 19.1 Å². The molecule has 1 amide bonds. The van der Waals surface area contributed by atoms with E-state index in [-0.39, 0.29) is 4.90 Å². The van der Waals surface area contributed by atoms with E-state index in [0.29, 0.717) is 29.5 Å². The molecule has 168 valence electrons. The molecule has 3 aromatic rings. The molecule has 0 aromatic heterocycles. The van der Waals surface area contributed by atoms with Gasteiger partial charge in [0.1, 0.15) is 18.0 Å². The SMILES string of the molecule is CCOc1ccccc1NC(=O)CN(c1cccc(OC)c1)S(=O)(=O)c1ccc(C)cc1. The number of hydrogen-bond donors (Lipinski definition) is 1. The molecule has 0 saturated carbocycles. The van der Waals surface area contributed by atoms with Crippen LogP contribution in [0.1, 0.15) is 12.5 Å². The molecule has 0 fully saturated rings. The number of sulfonamides is 1. The van der Waals surface area contributed by atoms with E-state index in [4.69, 9.17) is 9.47 Å². The van der Waals surface area contributed by atoms with Gasteiger partial charge in [-0.2, -0.15) is 0 Å². The van der Waals surface area contributed by atoms with Crippen molar-refractivity contribution in [3.05, 3.63) is 78.4 Å². The largest absolute Gasteiger partial charge is 0.497 e. The fourth-order valence-corrected chi connectivity index (χ4v) is 4.50. The van der Waals surface area contributed by atoms with E-state index < -0.39 is 22.5 Å². The molecule has 0 saturated heterocycles. The Morgan fingerprint density at radius 1 is 1.00 bits per heavy atom. The quantitative estimate of drug-likeness (QED) is 0.523. The van der Waals surface area contributed by atoms with Crippen molar-refractivity contribution in [2.45, 2.75) is 18.7 Å². The van der Waals surface area contributed by atoms with Crippen LogP contribution in [0, 0.1) is 6.92 Å². The zero-order chi connectivity index (χ0) is 23.1. The highest BCUT2D eigenvalue weighted by atomic mass is 32.2. The van der Waals surface area contributed by atoms with Crippen molar-refractivity contribution in [2.24, 2.45) is 0 Å². The first-order valence-corrected chi connectivity index (χ1v) is 11.5. The summed E-state index contributed by atoms with van der Waals surface area (Å²) in [6.07, 6.45) is 0. The Morgan fingerprint density at radius 3 is 2.41 bits per heavy atom. The smallest absolute Gasteiger partial charge is 0.264 e. The van der Waals surface area contributed by atoms with Gasteiger partial charge >= 0.3 is 0 Å². The fraction of sp³-hybridized carbons (Fsp3) is 0.208. The second kappa shape index (κ2) is 10.2. The summed E-state index contributed by atoms with van der Waals surface area (Å²) in [4.78, 5) is 13.0. The third kappa shape index (κ3) is 5.39. The Balaban J connectivity index is 1.96. The zero-order valence-electron chi connectivity index (χ0n) is 18.2. The van der Waals surface area contributed by atoms with Gasteiger partial charge in [0.15, 0.2) is 0 Å². The van der Waals surface area contributed by atoms with E-state index in [1.807, 2.05) is 13.8 Å². The average molecular weight is 455 g/mol. The number of methoxy groups -OCH3 is 1. The van der Waals surface area contributed by atoms with Crippen LogP contribution in [0.3, 0.4) is 0 Å². The number of carbonyl (C=O) groups excluding carboxylic acids is 1. The Morgan fingerprint density at radius 2 is 1.72 bits per heavy atom. The third-order valence-electron chi connectivity index (χ3n) is 4.70. The van der Waals surface area contributed by atoms with Crippen molar-refractivity contribution < 1.29 is 22.7 Å². The average Bonchev–Trinajstić information content (AvgIpc) is 2.79. The second-order valence-corrected chi connectivity index (χ2v) is 8.87. The molecule has 3 rings (SSSR count). The number of amides is 1. The van der Waals surface area contributed by atoms with Crippen LogP contribution in [0.2, 0.25) is 0 Å². The minimum atomic E-state index is -4.02. The predicted octanol–water partition coefficient (Wildman–Crippen LogP) is 4.24. The first-order chi connectivity index (χ1) is 15.3. The van der Waals surface area contributed by atoms with Crippen LogP contribution in [0.25, 0.3) is 0 Å². The Labute approximate surface area is 188 Å². The van der Waals surface area contributed by atoms with Crippen molar-refractivity contribution in [3.63, 3.8) is 0 Å². The predicted molar refractivity (Wildman–Crippen MR) is 125 cm³/mol. The van der Waals surface area contributed by atoms with Gasteiger partial charge in [0.05, 0.1) is 30.0 Å². The second-order valence-electron chi connectivity index (χ2n) is 7.00. The summed E-state index contributed by atoms with van der Waals surface area (Å²) in [5.74, 6) is 0.488. The number of anilines is 2. The van der Waals surface area contributed by atoms with E-state index >= 15 is 0 Å². The molecule has 1 N–H and O–H groups in total. The Kier molecular flexibility index (Phi) is 7.37. The summed E-state index contributed by atoms with van der Waals surface area (Å²) in [6, 6.07) is 20.1. The summed E-state index contributed by atoms with van der Waals surface area (Å²) in [5.41, 5.74) is 1.72. The lowest BCUT2D eigenvalue weighted by molar-refractivity contribution is -0.114. The summed E-state index contributed by atoms with van der Waals surface area (Å²) < 4.78 is 38.8. The maximum Gasteiger partial charge on any atom is 0.264 e. The number of hydrogen-bond acceptors (Lipinski definition) is 5. The molecular weight excluding hydrogens is 428 g/mol. The maximum absolute atomic E-state index is 13.5. The number of nitrogens with one attached hydrogen (secondary N) is 1. The van der Waals surface area contributed by atoms with E-state index in [2.05, 4.69) is 5.32 Å². The van der Waals surface area contributed by atoms with Crippen LogP contribution in [-0.4, -0.2) is 34.6 Å². The van der Waals surface area contributed by atoms with Crippen LogP contribution >= 0.6 is 0 Å². The summed E-state index contributed by atoms with van der Waals surface area (Å²) >= 11 is 0. The van der Waals surface area contributed by atoms with Crippen LogP contribution in [0.5, 0.6) is 11.5 Å². The van der Waals surface area contributed by atoms with Gasteiger partial charge in [0, 0.05) is 6.07 Å². The van der Waals surface area contributed by atoms with E-state index in [9.17, 15) is 13.2 Å². The highest BCUT2D eigenvalue weighted by molar-refractivity contribution is 7.92. The van der Waals surface area contributed by atoms with Gasteiger partial charge in [0.2, 0.25) is 5.91 Å². The fourth-order valence-electron chi connectivity index (χ4n) is 3.09. The van der Waals surface area contributed by atoms with E-state index in [0.717, 1.165) is 9.87 Å². The van der Waals surface area contributed by atoms with Gasteiger partial charge < -0.3 is 14.8 Å². The van der Waals surface area contributed by atoms with Crippen molar-refractivity contribution in [3.8, 4) is 11.5 Å². The molecular formula is C24H26N2O5S. The van der Waals surface area contributed by atoms with Crippen LogP contribution in [0.4, 0.5) is 11.4 Å². The molecule has 0 atom stereocenters. The first-order valence-electron chi connectivity index (χ1n) is 10.1. The highest BCUT2D eigenvalue weighted by Gasteiger charge is 2.28. The lowest BCUT2D eigenvalue weighted by Crippen LogP contribution is -2.38. The first kappa shape index (κ1) is 23.1. The van der Waals surface area contributed by atoms with Gasteiger partial charge in [0.25, 0.3) is 10.0 Å². The summed E-state index contributed by atoms with van der Waals surface area (Å²) in [7, 11) is -2.52. The molecule has 0 aliphatic heterocycles. The lowest BCUT2D eigenvalue weighted by atomic mass is 10.2. The number of ether oxygens (including phenoxy) is 2. The Hall–Kier alpha value is -3.52. The van der Waals surface area contributed by atoms with Gasteiger partial charge in [-0.1, -0.05) is 35.9 Å². The Bertz CT molecular complexity index is 1180. The van der Waals surface area contributed by atoms with Gasteiger partial charge in [-0.15, -0.1) is 0 Å². The van der Waals surface area contributed by atoms with Crippen LogP contribution in [-0.2, 0) is 14.8 Å². The molecule has 0 aliphatic rings. The monoisotopic (exact) mass is 454 g/mol. The molecule has 0 radical (unpaired) electrons. The van der Waals surface area contributed by atoms with Gasteiger partial charge in [-0.25, -0.2) is 8.42 Å². The molecule has 0 heterocycles. The molecule has 7 nitrogen and oxygen atoms in total. The number of aryl methyl sites for hydroxylation is 1. The normalized spacial score (nSPS) is 11.0. The highest BCUT2D eigenvalue weighted by Crippen LogP contribution is 2.28. The van der Waals surface area contributed by atoms with E-state index in [1.54, 1.807) is 60.7 Å². The van der Waals surface area contributed by atoms with Gasteiger partial charge in [-0.3, -0.25) is 9.10 Å². The standard InChI is InChI=1S/C24H26N2O5S/c1-4-31-23-11-6-5-10-22(23)25-24(27)17-26(19-8-7-9-20(16-19)30-3)32(28,29)21-14-12-18(2)13-15-21/h5-16H,4,17H2,1-3H3,(H,25,27). The summed E-state index contributed by atoms with van der Waals surface area (Å²) in [6.45, 7) is 3.73. The maximum atomic E-state index is 13.5. The van der Waals surface area contributed by atoms with Crippen molar-refractivity contribution in [2.75, 3.05) is 29.9 Å². The molecule has 32 heavy (non-hydrogen) atoms. The molecule has 0 unspecified atom stereocenters. The van der Waals surface area contributed by atoms with Crippen LogP contribution in [0.15, 0.2) is 77.7 Å². The zero-order valence-corrected chi connectivity index (χ0v) is 19.1. The third-order valence-corrected chi connectivity index (χ3v) is 6.49. The van der Waals surface area contributed by atoms with Crippen molar-refractivity contribution in [1.29, 1.82) is 0 Å². The van der Waals surface area contributed by atoms with Gasteiger partial charge in [-0.05, 0) is 50.2 Å². The minimum absolute atomic E-state index is 0.0911.